The first-order valence-electron chi connectivity index (χ1n) is 8.00. The number of rotatable bonds is 4. The molecule has 1 fully saturated rings. The number of carbonyl (C=O) groups excluding carboxylic acids is 1. The number of nitrogens with zero attached hydrogens (tertiary/aromatic N) is 1. The molecule has 0 aliphatic carbocycles. The van der Waals surface area contributed by atoms with Crippen molar-refractivity contribution in [3.05, 3.63) is 29.3 Å². The predicted octanol–water partition coefficient (Wildman–Crippen LogP) is 3.19. The van der Waals surface area contributed by atoms with Crippen molar-refractivity contribution in [2.45, 2.75) is 51.4 Å². The molecule has 8 heteroatoms. The van der Waals surface area contributed by atoms with E-state index in [4.69, 9.17) is 5.26 Å². The quantitative estimate of drug-likeness (QED) is 0.776. The monoisotopic (exact) mass is 354 g/mol. The van der Waals surface area contributed by atoms with Crippen LogP contribution in [0.1, 0.15) is 44.7 Å². The summed E-state index contributed by atoms with van der Waals surface area (Å²) in [6, 6.07) is 4.77. The fraction of sp³-hybridized carbons (Fsp3) is 0.529. The van der Waals surface area contributed by atoms with Crippen molar-refractivity contribution in [1.82, 2.24) is 10.9 Å². The lowest BCUT2D eigenvalue weighted by Crippen LogP contribution is -2.50. The average Bonchev–Trinajstić information content (AvgIpc) is 2.88. The van der Waals surface area contributed by atoms with Gasteiger partial charge in [-0.15, -0.1) is 0 Å². The number of benzene rings is 1. The molecule has 1 aromatic carbocycles. The van der Waals surface area contributed by atoms with E-state index < -0.39 is 28.7 Å². The molecular weight excluding hydrogens is 333 g/mol. The third-order valence-corrected chi connectivity index (χ3v) is 4.17. The molecule has 0 aromatic heterocycles. The lowest BCUT2D eigenvalue weighted by molar-refractivity contribution is -0.137. The van der Waals surface area contributed by atoms with E-state index in [1.54, 1.807) is 6.92 Å². The van der Waals surface area contributed by atoms with Gasteiger partial charge in [-0.1, -0.05) is 13.8 Å². The van der Waals surface area contributed by atoms with Gasteiger partial charge < -0.3 is 5.32 Å². The highest BCUT2D eigenvalue weighted by molar-refractivity contribution is 5.98. The van der Waals surface area contributed by atoms with Gasteiger partial charge in [0.2, 0.25) is 5.91 Å². The van der Waals surface area contributed by atoms with Crippen molar-refractivity contribution in [3.63, 3.8) is 0 Å². The summed E-state index contributed by atoms with van der Waals surface area (Å²) >= 11 is 0. The van der Waals surface area contributed by atoms with Gasteiger partial charge in [-0.05, 0) is 43.9 Å². The SMILES string of the molecule is CC(C)CC1CC(C)(C(=O)Nc2ccc(C#N)c(C(F)(F)F)c2)NN1. The van der Waals surface area contributed by atoms with E-state index in [9.17, 15) is 18.0 Å². The zero-order chi connectivity index (χ0) is 18.8. The van der Waals surface area contributed by atoms with E-state index >= 15 is 0 Å². The van der Waals surface area contributed by atoms with Crippen molar-refractivity contribution in [3.8, 4) is 6.07 Å². The van der Waals surface area contributed by atoms with E-state index in [1.807, 2.05) is 0 Å². The maximum absolute atomic E-state index is 13.0. The van der Waals surface area contributed by atoms with Crippen molar-refractivity contribution in [1.29, 1.82) is 5.26 Å². The molecule has 0 bridgehead atoms. The predicted molar refractivity (Wildman–Crippen MR) is 87.3 cm³/mol. The number of hydrogen-bond donors (Lipinski definition) is 3. The van der Waals surface area contributed by atoms with Gasteiger partial charge in [-0.2, -0.15) is 18.4 Å². The minimum atomic E-state index is -4.66. The Balaban J connectivity index is 2.15. The summed E-state index contributed by atoms with van der Waals surface area (Å²) in [4.78, 5) is 12.5. The smallest absolute Gasteiger partial charge is 0.324 e. The van der Waals surface area contributed by atoms with Gasteiger partial charge in [0.1, 0.15) is 5.54 Å². The van der Waals surface area contributed by atoms with Gasteiger partial charge in [-0.3, -0.25) is 10.2 Å². The second-order valence-electron chi connectivity index (χ2n) is 6.96. The van der Waals surface area contributed by atoms with Gasteiger partial charge in [0.25, 0.3) is 0 Å². The highest BCUT2D eigenvalue weighted by Crippen LogP contribution is 2.34. The number of anilines is 1. The summed E-state index contributed by atoms with van der Waals surface area (Å²) in [6.07, 6.45) is -3.25. The maximum atomic E-state index is 13.0. The number of hydrazine groups is 1. The van der Waals surface area contributed by atoms with Crippen LogP contribution in [-0.4, -0.2) is 17.5 Å². The number of hydrogen-bond acceptors (Lipinski definition) is 4. The fourth-order valence-electron chi connectivity index (χ4n) is 2.94. The second-order valence-corrected chi connectivity index (χ2v) is 6.96. The molecule has 2 unspecified atom stereocenters. The Bertz CT molecular complexity index is 696. The molecule has 1 amide bonds. The lowest BCUT2D eigenvalue weighted by Gasteiger charge is -2.23. The summed E-state index contributed by atoms with van der Waals surface area (Å²) in [5.41, 5.74) is 3.55. The van der Waals surface area contributed by atoms with Crippen LogP contribution in [0, 0.1) is 17.2 Å². The van der Waals surface area contributed by atoms with E-state index in [0.29, 0.717) is 12.3 Å². The molecule has 2 rings (SSSR count). The lowest BCUT2D eigenvalue weighted by atomic mass is 9.91. The normalized spacial score (nSPS) is 23.5. The van der Waals surface area contributed by atoms with Crippen LogP contribution in [0.2, 0.25) is 0 Å². The van der Waals surface area contributed by atoms with Crippen LogP contribution in [0.4, 0.5) is 18.9 Å². The zero-order valence-corrected chi connectivity index (χ0v) is 14.3. The van der Waals surface area contributed by atoms with Crippen LogP contribution >= 0.6 is 0 Å². The number of carbonyl (C=O) groups is 1. The minimum Gasteiger partial charge on any atom is -0.324 e. The van der Waals surface area contributed by atoms with Gasteiger partial charge in [0.05, 0.1) is 17.2 Å². The van der Waals surface area contributed by atoms with Gasteiger partial charge in [0, 0.05) is 11.7 Å². The Hall–Kier alpha value is -2.11. The first kappa shape index (κ1) is 19.2. The molecule has 1 aliphatic rings. The van der Waals surface area contributed by atoms with E-state index in [1.165, 1.54) is 12.1 Å². The average molecular weight is 354 g/mol. The molecule has 0 radical (unpaired) electrons. The maximum Gasteiger partial charge on any atom is 0.417 e. The third-order valence-electron chi connectivity index (χ3n) is 4.17. The second kappa shape index (κ2) is 7.02. The number of nitrogens with one attached hydrogen (secondary N) is 3. The number of nitriles is 1. The summed E-state index contributed by atoms with van der Waals surface area (Å²) in [5, 5.41) is 11.3. The zero-order valence-electron chi connectivity index (χ0n) is 14.3. The van der Waals surface area contributed by atoms with Crippen LogP contribution in [0.25, 0.3) is 0 Å². The molecule has 1 aromatic rings. The van der Waals surface area contributed by atoms with Crippen molar-refractivity contribution >= 4 is 11.6 Å². The molecule has 1 aliphatic heterocycles. The molecule has 0 spiro atoms. The summed E-state index contributed by atoms with van der Waals surface area (Å²) in [5.74, 6) is 0.0293. The molecular formula is C17H21F3N4O. The summed E-state index contributed by atoms with van der Waals surface area (Å²) in [7, 11) is 0. The number of halogens is 3. The molecule has 3 N–H and O–H groups in total. The largest absolute Gasteiger partial charge is 0.417 e. The van der Waals surface area contributed by atoms with Crippen molar-refractivity contribution in [2.75, 3.05) is 5.32 Å². The van der Waals surface area contributed by atoms with Crippen LogP contribution in [-0.2, 0) is 11.0 Å². The molecule has 25 heavy (non-hydrogen) atoms. The van der Waals surface area contributed by atoms with Crippen molar-refractivity contribution < 1.29 is 18.0 Å². The number of amides is 1. The van der Waals surface area contributed by atoms with Crippen LogP contribution < -0.4 is 16.2 Å². The molecule has 5 nitrogen and oxygen atoms in total. The van der Waals surface area contributed by atoms with E-state index in [2.05, 4.69) is 30.0 Å². The first-order chi connectivity index (χ1) is 11.5. The molecule has 0 saturated carbocycles. The molecule has 1 heterocycles. The Labute approximate surface area is 144 Å². The van der Waals surface area contributed by atoms with E-state index in [-0.39, 0.29) is 11.7 Å². The Morgan fingerprint density at radius 3 is 2.72 bits per heavy atom. The van der Waals surface area contributed by atoms with Crippen LogP contribution in [0.15, 0.2) is 18.2 Å². The van der Waals surface area contributed by atoms with Gasteiger partial charge in [-0.25, -0.2) is 5.43 Å². The first-order valence-corrected chi connectivity index (χ1v) is 8.00. The highest BCUT2D eigenvalue weighted by atomic mass is 19.4. The Morgan fingerprint density at radius 1 is 1.48 bits per heavy atom. The number of alkyl halides is 3. The molecule has 2 atom stereocenters. The summed E-state index contributed by atoms with van der Waals surface area (Å²) < 4.78 is 39.0. The Kier molecular flexibility index (Phi) is 5.40. The highest BCUT2D eigenvalue weighted by Gasteiger charge is 2.41. The fourth-order valence-corrected chi connectivity index (χ4v) is 2.94. The van der Waals surface area contributed by atoms with Crippen LogP contribution in [0.5, 0.6) is 0 Å². The van der Waals surface area contributed by atoms with Gasteiger partial charge >= 0.3 is 6.18 Å². The van der Waals surface area contributed by atoms with Gasteiger partial charge in [0.15, 0.2) is 0 Å². The minimum absolute atomic E-state index is 0.00617. The standard InChI is InChI=1S/C17H21F3N4O/c1-10(2)6-13-8-16(3,24-23-13)15(25)22-12-5-4-11(9-21)14(7-12)17(18,19)20/h4-5,7,10,13,23-24H,6,8H2,1-3H3,(H,22,25). The third kappa shape index (κ3) is 4.50. The Morgan fingerprint density at radius 2 is 2.16 bits per heavy atom. The van der Waals surface area contributed by atoms with E-state index in [0.717, 1.165) is 18.6 Å². The molecule has 1 saturated heterocycles. The van der Waals surface area contributed by atoms with Crippen LogP contribution in [0.3, 0.4) is 0 Å². The summed E-state index contributed by atoms with van der Waals surface area (Å²) in [6.45, 7) is 5.85. The van der Waals surface area contributed by atoms with Crippen molar-refractivity contribution in [2.24, 2.45) is 5.92 Å². The topological polar surface area (TPSA) is 77.0 Å². The molecule has 136 valence electrons.